The number of benzene rings is 2. The number of aliphatic carboxylic acids is 1. The van der Waals surface area contributed by atoms with E-state index >= 15 is 0 Å². The molecule has 0 amide bonds. The van der Waals surface area contributed by atoms with Crippen LogP contribution in [0.15, 0.2) is 57.5 Å². The Bertz CT molecular complexity index is 1660. The second kappa shape index (κ2) is 12.0. The van der Waals surface area contributed by atoms with E-state index in [1.165, 1.54) is 30.1 Å². The first kappa shape index (κ1) is 28.4. The monoisotopic (exact) mass is 664 g/mol. The number of thiazole rings is 1. The van der Waals surface area contributed by atoms with Crippen molar-refractivity contribution in [2.45, 2.75) is 19.9 Å². The molecule has 0 saturated heterocycles. The molecule has 0 fully saturated rings. The second-order valence-electron chi connectivity index (χ2n) is 8.26. The largest absolute Gasteiger partial charge is 0.496 e. The Kier molecular flexibility index (Phi) is 8.75. The fraction of sp³-hybridized carbons (Fsp3) is 0.259. The number of carboxylic acids is 1. The van der Waals surface area contributed by atoms with Crippen LogP contribution >= 0.6 is 33.9 Å². The van der Waals surface area contributed by atoms with Gasteiger partial charge in [-0.15, -0.1) is 0 Å². The lowest BCUT2D eigenvalue weighted by molar-refractivity contribution is -0.140. The van der Waals surface area contributed by atoms with Crippen LogP contribution in [-0.2, 0) is 14.3 Å². The summed E-state index contributed by atoms with van der Waals surface area (Å²) in [7, 11) is 2.98. The molecule has 0 spiro atoms. The summed E-state index contributed by atoms with van der Waals surface area (Å²) in [6.45, 7) is 3.09. The van der Waals surface area contributed by atoms with E-state index in [0.29, 0.717) is 47.0 Å². The van der Waals surface area contributed by atoms with Gasteiger partial charge in [-0.05, 0) is 66.3 Å². The highest BCUT2D eigenvalue weighted by atomic mass is 127. The molecule has 2 aromatic carbocycles. The van der Waals surface area contributed by atoms with Gasteiger partial charge in [0.25, 0.3) is 5.56 Å². The fourth-order valence-corrected chi connectivity index (χ4v) is 6.05. The van der Waals surface area contributed by atoms with Crippen LogP contribution in [0.4, 0.5) is 0 Å². The molecule has 3 aromatic rings. The van der Waals surface area contributed by atoms with Gasteiger partial charge in [-0.3, -0.25) is 9.36 Å². The number of aromatic nitrogens is 1. The minimum atomic E-state index is -1.11. The minimum absolute atomic E-state index is 0.172. The summed E-state index contributed by atoms with van der Waals surface area (Å²) in [5.41, 5.74) is 1.63. The van der Waals surface area contributed by atoms with Crippen LogP contribution in [0.5, 0.6) is 17.2 Å². The van der Waals surface area contributed by atoms with Crippen molar-refractivity contribution in [1.29, 1.82) is 0 Å². The van der Waals surface area contributed by atoms with Gasteiger partial charge in [-0.2, -0.15) is 0 Å². The summed E-state index contributed by atoms with van der Waals surface area (Å²) in [6.07, 6.45) is 1.69. The number of hydrogen-bond donors (Lipinski definition) is 1. The van der Waals surface area contributed by atoms with Crippen LogP contribution in [0.1, 0.15) is 31.0 Å². The molecule has 0 unspecified atom stereocenters. The zero-order valence-corrected chi connectivity index (χ0v) is 24.5. The first-order valence-electron chi connectivity index (χ1n) is 11.7. The predicted molar refractivity (Wildman–Crippen MR) is 152 cm³/mol. The van der Waals surface area contributed by atoms with E-state index in [-0.39, 0.29) is 17.7 Å². The van der Waals surface area contributed by atoms with Crippen molar-refractivity contribution in [3.05, 3.63) is 82.1 Å². The zero-order chi connectivity index (χ0) is 28.3. The van der Waals surface area contributed by atoms with Gasteiger partial charge in [0.05, 0.1) is 40.2 Å². The summed E-state index contributed by atoms with van der Waals surface area (Å²) in [5.74, 6) is -0.524. The number of carbonyl (C=O) groups is 2. The molecule has 12 heteroatoms. The molecule has 0 radical (unpaired) electrons. The van der Waals surface area contributed by atoms with Gasteiger partial charge in [0.2, 0.25) is 0 Å². The van der Waals surface area contributed by atoms with Gasteiger partial charge in [0.15, 0.2) is 22.9 Å². The van der Waals surface area contributed by atoms with Gasteiger partial charge < -0.3 is 24.1 Å². The molecule has 2 heterocycles. The lowest BCUT2D eigenvalue weighted by Gasteiger charge is -2.25. The number of hydrogen-bond acceptors (Lipinski definition) is 9. The highest BCUT2D eigenvalue weighted by molar-refractivity contribution is 14.1. The summed E-state index contributed by atoms with van der Waals surface area (Å²) in [4.78, 5) is 42.9. The number of nitrogens with zero attached hydrogens (tertiary/aromatic N) is 2. The standard InChI is InChI=1S/C27H25IN2O8S/c1-5-37-26(34)22-14(2)29-27-30(23(22)16-8-6-7-9-18(16)35-3)25(33)20(39-27)12-15-10-17(28)24(19(11-15)36-4)38-13-21(31)32/h6-12,23H,5,13H2,1-4H3,(H,31,32)/b20-12-/t23-/m1/s1. The molecule has 1 N–H and O–H groups in total. The van der Waals surface area contributed by atoms with E-state index < -0.39 is 24.6 Å². The molecule has 0 aliphatic carbocycles. The maximum absolute atomic E-state index is 13.9. The van der Waals surface area contributed by atoms with Crippen LogP contribution in [0.2, 0.25) is 0 Å². The SMILES string of the molecule is CCOC(=O)C1=C(C)N=c2s/c(=C\c3cc(I)c(OCC(=O)O)c(OC)c3)c(=O)n2[C@@H]1c1ccccc1OC. The van der Waals surface area contributed by atoms with E-state index in [2.05, 4.69) is 4.99 Å². The number of carbonyl (C=O) groups excluding carboxylic acids is 1. The predicted octanol–water partition coefficient (Wildman–Crippen LogP) is 2.88. The van der Waals surface area contributed by atoms with Gasteiger partial charge in [-0.1, -0.05) is 29.5 Å². The lowest BCUT2D eigenvalue weighted by Crippen LogP contribution is -2.40. The van der Waals surface area contributed by atoms with E-state index in [9.17, 15) is 14.4 Å². The molecule has 204 valence electrons. The molecule has 1 aromatic heterocycles. The number of ether oxygens (including phenoxy) is 4. The first-order valence-corrected chi connectivity index (χ1v) is 13.6. The quantitative estimate of drug-likeness (QED) is 0.274. The van der Waals surface area contributed by atoms with Crippen molar-refractivity contribution in [3.8, 4) is 17.2 Å². The summed E-state index contributed by atoms with van der Waals surface area (Å²) in [6, 6.07) is 9.81. The molecule has 1 aliphatic rings. The molecule has 4 rings (SSSR count). The summed E-state index contributed by atoms with van der Waals surface area (Å²) >= 11 is 3.21. The molecule has 1 atom stereocenters. The fourth-order valence-electron chi connectivity index (χ4n) is 4.23. The maximum atomic E-state index is 13.9. The van der Waals surface area contributed by atoms with E-state index in [1.54, 1.807) is 38.1 Å². The van der Waals surface area contributed by atoms with E-state index in [4.69, 9.17) is 24.1 Å². The third-order valence-electron chi connectivity index (χ3n) is 5.84. The molecular formula is C27H25IN2O8S. The number of esters is 1. The van der Waals surface area contributed by atoms with Crippen molar-refractivity contribution >= 4 is 51.9 Å². The minimum Gasteiger partial charge on any atom is -0.496 e. The highest BCUT2D eigenvalue weighted by Gasteiger charge is 2.35. The zero-order valence-electron chi connectivity index (χ0n) is 21.5. The molecule has 39 heavy (non-hydrogen) atoms. The molecule has 1 aliphatic heterocycles. The highest BCUT2D eigenvalue weighted by Crippen LogP contribution is 2.36. The number of fused-ring (bicyclic) bond motifs is 1. The third-order valence-corrected chi connectivity index (χ3v) is 7.62. The third kappa shape index (κ3) is 5.71. The van der Waals surface area contributed by atoms with Crippen molar-refractivity contribution in [1.82, 2.24) is 4.57 Å². The normalized spacial score (nSPS) is 14.9. The lowest BCUT2D eigenvalue weighted by atomic mass is 9.95. The van der Waals surface area contributed by atoms with Crippen LogP contribution < -0.4 is 29.1 Å². The molecule has 0 bridgehead atoms. The molecule has 10 nitrogen and oxygen atoms in total. The number of carboxylic acid groups (broad SMARTS) is 1. The molecule has 0 saturated carbocycles. The average molecular weight is 664 g/mol. The Morgan fingerprint density at radius 2 is 1.90 bits per heavy atom. The van der Waals surface area contributed by atoms with E-state index in [0.717, 1.165) is 0 Å². The van der Waals surface area contributed by atoms with Gasteiger partial charge >= 0.3 is 11.9 Å². The number of rotatable bonds is 9. The van der Waals surface area contributed by atoms with Crippen LogP contribution in [0.25, 0.3) is 6.08 Å². The summed E-state index contributed by atoms with van der Waals surface area (Å²) in [5, 5.41) is 8.97. The van der Waals surface area contributed by atoms with Crippen LogP contribution in [0.3, 0.4) is 0 Å². The topological polar surface area (TPSA) is 126 Å². The second-order valence-corrected chi connectivity index (χ2v) is 10.4. The molecular weight excluding hydrogens is 639 g/mol. The Morgan fingerprint density at radius 3 is 2.56 bits per heavy atom. The number of para-hydroxylation sites is 1. The average Bonchev–Trinajstić information content (AvgIpc) is 3.20. The van der Waals surface area contributed by atoms with Crippen molar-refractivity contribution in [3.63, 3.8) is 0 Å². The van der Waals surface area contributed by atoms with Gasteiger partial charge in [0, 0.05) is 5.56 Å². The van der Waals surface area contributed by atoms with Crippen molar-refractivity contribution in [2.75, 3.05) is 27.4 Å². The van der Waals surface area contributed by atoms with Crippen molar-refractivity contribution in [2.24, 2.45) is 4.99 Å². The first-order chi connectivity index (χ1) is 18.7. The maximum Gasteiger partial charge on any atom is 0.341 e. The summed E-state index contributed by atoms with van der Waals surface area (Å²) < 4.78 is 24.2. The van der Waals surface area contributed by atoms with Crippen molar-refractivity contribution < 1.29 is 33.6 Å². The van der Waals surface area contributed by atoms with E-state index in [1.807, 2.05) is 40.8 Å². The Hall–Kier alpha value is -3.65. The number of allylic oxidation sites excluding steroid dienone is 1. The Morgan fingerprint density at radius 1 is 1.18 bits per heavy atom. The van der Waals surface area contributed by atoms with Gasteiger partial charge in [-0.25, -0.2) is 14.6 Å². The van der Waals surface area contributed by atoms with Crippen LogP contribution in [0, 0.1) is 3.57 Å². The Labute approximate surface area is 240 Å². The smallest absolute Gasteiger partial charge is 0.341 e. The van der Waals surface area contributed by atoms with Gasteiger partial charge in [0.1, 0.15) is 11.8 Å². The Balaban J connectivity index is 1.91. The number of halogens is 1. The number of methoxy groups -OCH3 is 2. The van der Waals surface area contributed by atoms with Crippen LogP contribution in [-0.4, -0.2) is 49.0 Å².